The van der Waals surface area contributed by atoms with Gasteiger partial charge >= 0.3 is 0 Å². The van der Waals surface area contributed by atoms with Crippen LogP contribution in [0.15, 0.2) is 54.2 Å². The molecule has 3 aromatic heterocycles. The lowest BCUT2D eigenvalue weighted by atomic mass is 9.91. The topological polar surface area (TPSA) is 71.0 Å². The van der Waals surface area contributed by atoms with Crippen LogP contribution in [0.4, 0.5) is 11.6 Å². The summed E-state index contributed by atoms with van der Waals surface area (Å²) in [5.41, 5.74) is 2.07. The Hall–Kier alpha value is -3.06. The molecule has 30 heavy (non-hydrogen) atoms. The van der Waals surface area contributed by atoms with Gasteiger partial charge in [0.1, 0.15) is 11.6 Å². The number of piperidine rings is 1. The SMILES string of the molecule is Cc1nc(C=CC(=O)N2CCCC(Cc3ccnc(Nc4ccccn4)c3)C2)cs1. The van der Waals surface area contributed by atoms with E-state index in [9.17, 15) is 4.79 Å². The first-order valence-corrected chi connectivity index (χ1v) is 11.1. The Morgan fingerprint density at radius 1 is 1.27 bits per heavy atom. The number of rotatable bonds is 6. The van der Waals surface area contributed by atoms with Crippen LogP contribution in [0.5, 0.6) is 0 Å². The van der Waals surface area contributed by atoms with Crippen molar-refractivity contribution in [2.24, 2.45) is 5.92 Å². The van der Waals surface area contributed by atoms with Crippen LogP contribution >= 0.6 is 11.3 Å². The van der Waals surface area contributed by atoms with Gasteiger partial charge in [0.25, 0.3) is 0 Å². The van der Waals surface area contributed by atoms with Crippen molar-refractivity contribution in [2.45, 2.75) is 26.2 Å². The minimum absolute atomic E-state index is 0.0672. The number of nitrogens with one attached hydrogen (secondary N) is 1. The molecule has 7 heteroatoms. The van der Waals surface area contributed by atoms with Crippen molar-refractivity contribution in [1.29, 1.82) is 0 Å². The summed E-state index contributed by atoms with van der Waals surface area (Å²) in [5, 5.41) is 6.22. The number of aryl methyl sites for hydroxylation is 1. The molecule has 1 N–H and O–H groups in total. The number of aromatic nitrogens is 3. The molecule has 6 nitrogen and oxygen atoms in total. The van der Waals surface area contributed by atoms with Gasteiger partial charge in [0, 0.05) is 36.9 Å². The van der Waals surface area contributed by atoms with Crippen LogP contribution < -0.4 is 5.32 Å². The van der Waals surface area contributed by atoms with Gasteiger partial charge in [-0.2, -0.15) is 0 Å². The molecule has 0 radical (unpaired) electrons. The van der Waals surface area contributed by atoms with E-state index in [4.69, 9.17) is 0 Å². The van der Waals surface area contributed by atoms with E-state index in [0.717, 1.165) is 54.7 Å². The molecule has 0 aliphatic carbocycles. The van der Waals surface area contributed by atoms with E-state index in [-0.39, 0.29) is 5.91 Å². The maximum atomic E-state index is 12.6. The predicted octanol–water partition coefficient (Wildman–Crippen LogP) is 4.48. The Morgan fingerprint density at radius 2 is 2.17 bits per heavy atom. The van der Waals surface area contributed by atoms with Crippen molar-refractivity contribution in [1.82, 2.24) is 19.9 Å². The standard InChI is InChI=1S/C23H25N5OS/c1-17-26-20(16-30-17)7-8-23(29)28-12-4-5-19(15-28)13-18-9-11-25-22(14-18)27-21-6-2-3-10-24-21/h2-3,6-11,14,16,19H,4-5,12-13,15H2,1H3,(H,24,25,27). The molecular weight excluding hydrogens is 394 g/mol. The average molecular weight is 420 g/mol. The maximum Gasteiger partial charge on any atom is 0.246 e. The van der Waals surface area contributed by atoms with Crippen LogP contribution in [0.3, 0.4) is 0 Å². The second kappa shape index (κ2) is 9.63. The van der Waals surface area contributed by atoms with Crippen molar-refractivity contribution in [3.63, 3.8) is 0 Å². The van der Waals surface area contributed by atoms with Crippen LogP contribution in [0, 0.1) is 12.8 Å². The number of hydrogen-bond donors (Lipinski definition) is 1. The van der Waals surface area contributed by atoms with Crippen LogP contribution in [-0.4, -0.2) is 38.8 Å². The van der Waals surface area contributed by atoms with E-state index in [1.54, 1.807) is 23.6 Å². The largest absolute Gasteiger partial charge is 0.339 e. The van der Waals surface area contributed by atoms with Gasteiger partial charge in [0.15, 0.2) is 0 Å². The zero-order valence-electron chi connectivity index (χ0n) is 17.0. The van der Waals surface area contributed by atoms with Crippen LogP contribution in [0.1, 0.15) is 29.1 Å². The summed E-state index contributed by atoms with van der Waals surface area (Å²) in [6, 6.07) is 9.86. The van der Waals surface area contributed by atoms with E-state index in [2.05, 4.69) is 32.4 Å². The van der Waals surface area contributed by atoms with Gasteiger partial charge in [-0.1, -0.05) is 6.07 Å². The third-order valence-corrected chi connectivity index (χ3v) is 5.93. The molecule has 1 aliphatic rings. The number of hydrogen-bond acceptors (Lipinski definition) is 6. The summed E-state index contributed by atoms with van der Waals surface area (Å²) >= 11 is 1.59. The molecule has 0 aromatic carbocycles. The number of likely N-dealkylation sites (tertiary alicyclic amines) is 1. The van der Waals surface area contributed by atoms with Crippen molar-refractivity contribution in [3.05, 3.63) is 70.4 Å². The summed E-state index contributed by atoms with van der Waals surface area (Å²) < 4.78 is 0. The number of carbonyl (C=O) groups is 1. The molecule has 154 valence electrons. The third-order valence-electron chi connectivity index (χ3n) is 5.13. The monoisotopic (exact) mass is 419 g/mol. The van der Waals surface area contributed by atoms with Gasteiger partial charge in [-0.15, -0.1) is 11.3 Å². The van der Waals surface area contributed by atoms with E-state index in [0.29, 0.717) is 5.92 Å². The number of thiazole rings is 1. The number of amides is 1. The fourth-order valence-electron chi connectivity index (χ4n) is 3.72. The van der Waals surface area contributed by atoms with Crippen LogP contribution in [-0.2, 0) is 11.2 Å². The predicted molar refractivity (Wildman–Crippen MR) is 121 cm³/mol. The Balaban J connectivity index is 1.35. The smallest absolute Gasteiger partial charge is 0.246 e. The summed E-state index contributed by atoms with van der Waals surface area (Å²) in [4.78, 5) is 27.6. The Labute approximate surface area is 180 Å². The molecule has 3 aromatic rings. The average Bonchev–Trinajstić information content (AvgIpc) is 3.18. The molecular formula is C23H25N5OS. The van der Waals surface area contributed by atoms with Crippen LogP contribution in [0.2, 0.25) is 0 Å². The van der Waals surface area contributed by atoms with Gasteiger partial charge in [0.2, 0.25) is 5.91 Å². The summed E-state index contributed by atoms with van der Waals surface area (Å²) in [5.74, 6) is 2.08. The zero-order chi connectivity index (χ0) is 20.8. The highest BCUT2D eigenvalue weighted by atomic mass is 32.1. The van der Waals surface area contributed by atoms with Gasteiger partial charge in [-0.3, -0.25) is 4.79 Å². The summed E-state index contributed by atoms with van der Waals surface area (Å²) in [6.07, 6.45) is 10.1. The first kappa shape index (κ1) is 20.2. The summed E-state index contributed by atoms with van der Waals surface area (Å²) in [7, 11) is 0. The van der Waals surface area contributed by atoms with Gasteiger partial charge < -0.3 is 10.2 Å². The second-order valence-electron chi connectivity index (χ2n) is 7.51. The maximum absolute atomic E-state index is 12.6. The van der Waals surface area contributed by atoms with Crippen LogP contribution in [0.25, 0.3) is 6.08 Å². The highest BCUT2D eigenvalue weighted by Crippen LogP contribution is 2.23. The molecule has 1 unspecified atom stereocenters. The number of anilines is 2. The molecule has 1 atom stereocenters. The number of nitrogens with zero attached hydrogens (tertiary/aromatic N) is 4. The van der Waals surface area contributed by atoms with Gasteiger partial charge in [-0.25, -0.2) is 15.0 Å². The lowest BCUT2D eigenvalue weighted by Crippen LogP contribution is -2.39. The number of carbonyl (C=O) groups excluding carboxylic acids is 1. The van der Waals surface area contributed by atoms with Gasteiger partial charge in [0.05, 0.1) is 10.7 Å². The fourth-order valence-corrected chi connectivity index (χ4v) is 4.30. The fraction of sp³-hybridized carbons (Fsp3) is 0.304. The number of pyridine rings is 2. The molecule has 0 saturated carbocycles. The molecule has 0 spiro atoms. The second-order valence-corrected chi connectivity index (χ2v) is 8.57. The molecule has 1 saturated heterocycles. The quantitative estimate of drug-likeness (QED) is 0.597. The van der Waals surface area contributed by atoms with E-state index in [1.807, 2.05) is 47.7 Å². The molecule has 0 bridgehead atoms. The molecule has 1 fully saturated rings. The first-order valence-electron chi connectivity index (χ1n) is 10.2. The normalized spacial score (nSPS) is 16.7. The summed E-state index contributed by atoms with van der Waals surface area (Å²) in [6.45, 7) is 3.57. The lowest BCUT2D eigenvalue weighted by Gasteiger charge is -2.32. The van der Waals surface area contributed by atoms with E-state index in [1.165, 1.54) is 5.56 Å². The molecule has 1 aliphatic heterocycles. The zero-order valence-corrected chi connectivity index (χ0v) is 17.8. The molecule has 4 rings (SSSR count). The van der Waals surface area contributed by atoms with Gasteiger partial charge in [-0.05, 0) is 68.0 Å². The first-order chi connectivity index (χ1) is 14.7. The minimum Gasteiger partial charge on any atom is -0.339 e. The van der Waals surface area contributed by atoms with E-state index < -0.39 is 0 Å². The Kier molecular flexibility index (Phi) is 6.49. The highest BCUT2D eigenvalue weighted by molar-refractivity contribution is 7.09. The Bertz CT molecular complexity index is 1020. The highest BCUT2D eigenvalue weighted by Gasteiger charge is 2.22. The van der Waals surface area contributed by atoms with E-state index >= 15 is 0 Å². The molecule has 1 amide bonds. The molecule has 4 heterocycles. The Morgan fingerprint density at radius 3 is 2.97 bits per heavy atom. The minimum atomic E-state index is 0.0672. The van der Waals surface area contributed by atoms with Crippen molar-refractivity contribution in [3.8, 4) is 0 Å². The van der Waals surface area contributed by atoms with Crippen molar-refractivity contribution < 1.29 is 4.79 Å². The lowest BCUT2D eigenvalue weighted by molar-refractivity contribution is -0.127. The van der Waals surface area contributed by atoms with Crippen molar-refractivity contribution >= 4 is 35.0 Å². The van der Waals surface area contributed by atoms with Crippen molar-refractivity contribution in [2.75, 3.05) is 18.4 Å². The third kappa shape index (κ3) is 5.51.